The van der Waals surface area contributed by atoms with Gasteiger partial charge in [0.25, 0.3) is 5.91 Å². The average Bonchev–Trinajstić information content (AvgIpc) is 2.82. The van der Waals surface area contributed by atoms with Crippen LogP contribution in [-0.4, -0.2) is 73.9 Å². The van der Waals surface area contributed by atoms with Crippen molar-refractivity contribution in [1.29, 1.82) is 0 Å². The second kappa shape index (κ2) is 7.69. The number of carbonyl (C=O) groups excluding carboxylic acids is 1. The Balaban J connectivity index is 1.88. The van der Waals surface area contributed by atoms with Gasteiger partial charge in [-0.1, -0.05) is 0 Å². The first-order valence-electron chi connectivity index (χ1n) is 7.59. The van der Waals surface area contributed by atoms with Crippen molar-refractivity contribution in [2.24, 2.45) is 0 Å². The average molecular weight is 341 g/mol. The maximum atomic E-state index is 12.0. The molecule has 1 saturated heterocycles. The molecule has 1 amide bonds. The van der Waals surface area contributed by atoms with Crippen LogP contribution in [-0.2, 0) is 9.84 Å². The van der Waals surface area contributed by atoms with Crippen LogP contribution < -0.4 is 10.6 Å². The van der Waals surface area contributed by atoms with Crippen molar-refractivity contribution in [1.82, 2.24) is 20.2 Å². The van der Waals surface area contributed by atoms with Gasteiger partial charge in [0.2, 0.25) is 5.95 Å². The first-order valence-corrected chi connectivity index (χ1v) is 9.41. The highest BCUT2D eigenvalue weighted by Crippen LogP contribution is 2.15. The van der Waals surface area contributed by atoms with Gasteiger partial charge in [0.1, 0.15) is 5.69 Å². The van der Waals surface area contributed by atoms with E-state index >= 15 is 0 Å². The molecule has 128 valence electrons. The fourth-order valence-electron chi connectivity index (χ4n) is 2.33. The highest BCUT2D eigenvalue weighted by molar-refractivity contribution is 7.91. The molecule has 0 aliphatic carbocycles. The Labute approximate surface area is 136 Å². The van der Waals surface area contributed by atoms with Crippen LogP contribution in [0, 0.1) is 0 Å². The number of hydrogen-bond donors (Lipinski definition) is 2. The summed E-state index contributed by atoms with van der Waals surface area (Å²) in [5.74, 6) is 0.287. The van der Waals surface area contributed by atoms with Gasteiger partial charge in [-0.25, -0.2) is 18.4 Å². The van der Waals surface area contributed by atoms with Gasteiger partial charge in [0.05, 0.1) is 11.5 Å². The normalized spacial score (nSPS) is 19.7. The maximum Gasteiger partial charge on any atom is 0.270 e. The molecule has 2 N–H and O–H groups in total. The fourth-order valence-corrected chi connectivity index (χ4v) is 4.01. The molecule has 1 aromatic heterocycles. The molecule has 8 nitrogen and oxygen atoms in total. The van der Waals surface area contributed by atoms with E-state index in [-0.39, 0.29) is 35.1 Å². The van der Waals surface area contributed by atoms with Crippen molar-refractivity contribution in [3.8, 4) is 0 Å². The van der Waals surface area contributed by atoms with Crippen LogP contribution in [0.15, 0.2) is 12.3 Å². The Bertz CT molecular complexity index is 648. The van der Waals surface area contributed by atoms with Crippen molar-refractivity contribution in [2.45, 2.75) is 18.9 Å². The molecular formula is C14H23N5O3S. The summed E-state index contributed by atoms with van der Waals surface area (Å²) in [4.78, 5) is 22.3. The SMILES string of the molecule is CN(C)CCCNC(=O)c1ccnc(NC2CCS(=O)(=O)C2)n1. The molecule has 0 bridgehead atoms. The number of sulfone groups is 1. The van der Waals surface area contributed by atoms with Gasteiger partial charge in [-0.2, -0.15) is 0 Å². The van der Waals surface area contributed by atoms with Crippen LogP contribution >= 0.6 is 0 Å². The molecule has 1 aromatic rings. The molecule has 1 fully saturated rings. The van der Waals surface area contributed by atoms with Gasteiger partial charge in [-0.05, 0) is 39.5 Å². The Kier molecular flexibility index (Phi) is 5.89. The summed E-state index contributed by atoms with van der Waals surface area (Å²) in [5, 5.41) is 5.79. The molecule has 1 unspecified atom stereocenters. The standard InChI is InChI=1S/C14H23N5O3S/c1-19(2)8-3-6-15-13(20)12-4-7-16-14(18-12)17-11-5-9-23(21,22)10-11/h4,7,11H,3,5-6,8-10H2,1-2H3,(H,15,20)(H,16,17,18). The first-order chi connectivity index (χ1) is 10.9. The summed E-state index contributed by atoms with van der Waals surface area (Å²) in [7, 11) is 0.994. The van der Waals surface area contributed by atoms with Crippen LogP contribution in [0.5, 0.6) is 0 Å². The Morgan fingerprint density at radius 2 is 2.22 bits per heavy atom. The van der Waals surface area contributed by atoms with E-state index in [1.54, 1.807) is 0 Å². The molecule has 2 heterocycles. The quantitative estimate of drug-likeness (QED) is 0.659. The first kappa shape index (κ1) is 17.6. The molecule has 0 spiro atoms. The summed E-state index contributed by atoms with van der Waals surface area (Å²) < 4.78 is 22.9. The molecule has 2 rings (SSSR count). The monoisotopic (exact) mass is 341 g/mol. The van der Waals surface area contributed by atoms with E-state index in [1.807, 2.05) is 14.1 Å². The van der Waals surface area contributed by atoms with Crippen molar-refractivity contribution < 1.29 is 13.2 Å². The molecule has 0 radical (unpaired) electrons. The van der Waals surface area contributed by atoms with E-state index in [2.05, 4.69) is 25.5 Å². The lowest BCUT2D eigenvalue weighted by atomic mass is 10.3. The maximum absolute atomic E-state index is 12.0. The summed E-state index contributed by atoms with van der Waals surface area (Å²) in [5.41, 5.74) is 0.271. The minimum absolute atomic E-state index is 0.0807. The lowest BCUT2D eigenvalue weighted by Gasteiger charge is -2.12. The molecule has 23 heavy (non-hydrogen) atoms. The molecule has 9 heteroatoms. The Hall–Kier alpha value is -1.74. The van der Waals surface area contributed by atoms with E-state index in [9.17, 15) is 13.2 Å². The molecule has 1 atom stereocenters. The van der Waals surface area contributed by atoms with E-state index in [0.717, 1.165) is 13.0 Å². The third-order valence-corrected chi connectivity index (χ3v) is 5.29. The topological polar surface area (TPSA) is 104 Å². The zero-order chi connectivity index (χ0) is 16.9. The van der Waals surface area contributed by atoms with E-state index in [0.29, 0.717) is 13.0 Å². The van der Waals surface area contributed by atoms with Gasteiger partial charge in [0.15, 0.2) is 9.84 Å². The molecule has 0 aromatic carbocycles. The number of hydrogen-bond acceptors (Lipinski definition) is 7. The van der Waals surface area contributed by atoms with Crippen LogP contribution in [0.1, 0.15) is 23.3 Å². The van der Waals surface area contributed by atoms with Crippen molar-refractivity contribution >= 4 is 21.7 Å². The fraction of sp³-hybridized carbons (Fsp3) is 0.643. The highest BCUT2D eigenvalue weighted by Gasteiger charge is 2.28. The summed E-state index contributed by atoms with van der Waals surface area (Å²) in [6.07, 6.45) is 2.88. The van der Waals surface area contributed by atoms with Gasteiger partial charge < -0.3 is 15.5 Å². The van der Waals surface area contributed by atoms with Gasteiger partial charge in [-0.15, -0.1) is 0 Å². The number of aromatic nitrogens is 2. The number of nitrogens with one attached hydrogen (secondary N) is 2. The number of anilines is 1. The second-order valence-corrected chi connectivity index (χ2v) is 8.15. The van der Waals surface area contributed by atoms with Gasteiger partial charge >= 0.3 is 0 Å². The lowest BCUT2D eigenvalue weighted by Crippen LogP contribution is -2.28. The van der Waals surface area contributed by atoms with E-state index in [1.165, 1.54) is 12.3 Å². The van der Waals surface area contributed by atoms with Crippen LogP contribution in [0.25, 0.3) is 0 Å². The zero-order valence-electron chi connectivity index (χ0n) is 13.4. The summed E-state index contributed by atoms with van der Waals surface area (Å²) >= 11 is 0. The Morgan fingerprint density at radius 1 is 1.43 bits per heavy atom. The molecule has 1 aliphatic rings. The minimum atomic E-state index is -2.97. The smallest absolute Gasteiger partial charge is 0.270 e. The van der Waals surface area contributed by atoms with Crippen LogP contribution in [0.2, 0.25) is 0 Å². The largest absolute Gasteiger partial charge is 0.351 e. The third kappa shape index (κ3) is 5.76. The number of nitrogens with zero attached hydrogens (tertiary/aromatic N) is 3. The zero-order valence-corrected chi connectivity index (χ0v) is 14.3. The molecular weight excluding hydrogens is 318 g/mol. The Morgan fingerprint density at radius 3 is 2.87 bits per heavy atom. The number of amides is 1. The highest BCUT2D eigenvalue weighted by atomic mass is 32.2. The summed E-state index contributed by atoms with van der Waals surface area (Å²) in [6.45, 7) is 1.47. The van der Waals surface area contributed by atoms with E-state index in [4.69, 9.17) is 0 Å². The number of carbonyl (C=O) groups is 1. The van der Waals surface area contributed by atoms with Crippen molar-refractivity contribution in [3.05, 3.63) is 18.0 Å². The number of rotatable bonds is 7. The second-order valence-electron chi connectivity index (χ2n) is 5.92. The lowest BCUT2D eigenvalue weighted by molar-refractivity contribution is 0.0947. The van der Waals surface area contributed by atoms with Crippen molar-refractivity contribution in [3.63, 3.8) is 0 Å². The third-order valence-electron chi connectivity index (χ3n) is 3.52. The van der Waals surface area contributed by atoms with Crippen LogP contribution in [0.4, 0.5) is 5.95 Å². The summed E-state index contributed by atoms with van der Waals surface area (Å²) in [6, 6.07) is 1.34. The molecule has 1 aliphatic heterocycles. The van der Waals surface area contributed by atoms with Crippen molar-refractivity contribution in [2.75, 3.05) is 44.0 Å². The minimum Gasteiger partial charge on any atom is -0.351 e. The van der Waals surface area contributed by atoms with E-state index < -0.39 is 9.84 Å². The van der Waals surface area contributed by atoms with Gasteiger partial charge in [-0.3, -0.25) is 4.79 Å². The predicted molar refractivity (Wildman–Crippen MR) is 88.2 cm³/mol. The van der Waals surface area contributed by atoms with Gasteiger partial charge in [0, 0.05) is 18.8 Å². The molecule has 0 saturated carbocycles. The van der Waals surface area contributed by atoms with Crippen LogP contribution in [0.3, 0.4) is 0 Å². The predicted octanol–water partition coefficient (Wildman–Crippen LogP) is -0.243.